The molecule has 84 valence electrons. The maximum Gasteiger partial charge on any atom is 0.151 e. The number of aromatic amines is 1. The summed E-state index contributed by atoms with van der Waals surface area (Å²) >= 11 is 0. The van der Waals surface area contributed by atoms with Crippen molar-refractivity contribution >= 4 is 16.7 Å². The van der Waals surface area contributed by atoms with Gasteiger partial charge in [0.25, 0.3) is 0 Å². The van der Waals surface area contributed by atoms with E-state index in [-0.39, 0.29) is 5.82 Å². The molecule has 0 fully saturated rings. The normalized spacial score (nSPS) is 10.9. The van der Waals surface area contributed by atoms with Crippen LogP contribution in [0.3, 0.4) is 0 Å². The molecule has 2 heterocycles. The van der Waals surface area contributed by atoms with E-state index in [1.54, 1.807) is 30.6 Å². The van der Waals surface area contributed by atoms with Gasteiger partial charge in [0.15, 0.2) is 5.82 Å². The Morgan fingerprint density at radius 2 is 2.12 bits per heavy atom. The molecule has 0 atom stereocenters. The average molecular weight is 228 g/mol. The Morgan fingerprint density at radius 1 is 1.24 bits per heavy atom. The van der Waals surface area contributed by atoms with Crippen molar-refractivity contribution in [2.75, 3.05) is 5.73 Å². The van der Waals surface area contributed by atoms with Crippen LogP contribution in [-0.4, -0.2) is 15.0 Å². The summed E-state index contributed by atoms with van der Waals surface area (Å²) in [5.41, 5.74) is 7.99. The fraction of sp³-hybridized carbons (Fsp3) is 0. The fourth-order valence-electron chi connectivity index (χ4n) is 1.75. The molecule has 5 heteroatoms. The molecule has 4 nitrogen and oxygen atoms in total. The van der Waals surface area contributed by atoms with E-state index in [4.69, 9.17) is 5.73 Å². The van der Waals surface area contributed by atoms with E-state index in [9.17, 15) is 4.39 Å². The zero-order valence-electron chi connectivity index (χ0n) is 8.81. The molecule has 0 radical (unpaired) electrons. The first-order chi connectivity index (χ1) is 8.25. The Kier molecular flexibility index (Phi) is 2.04. The number of rotatable bonds is 1. The van der Waals surface area contributed by atoms with Crippen LogP contribution in [0.15, 0.2) is 36.7 Å². The number of benzene rings is 1. The van der Waals surface area contributed by atoms with Crippen molar-refractivity contribution in [2.24, 2.45) is 0 Å². The van der Waals surface area contributed by atoms with Crippen LogP contribution in [0.5, 0.6) is 0 Å². The van der Waals surface area contributed by atoms with Crippen molar-refractivity contribution in [2.45, 2.75) is 0 Å². The van der Waals surface area contributed by atoms with Crippen molar-refractivity contribution in [1.29, 1.82) is 0 Å². The summed E-state index contributed by atoms with van der Waals surface area (Å²) in [6.45, 7) is 0. The standard InChI is InChI=1S/C12H9FN4/c13-8-2-1-3-10-11(8)17-12(16-10)7-4-5-15-6-9(7)14/h1-6H,14H2,(H,16,17). The molecule has 0 saturated heterocycles. The highest BCUT2D eigenvalue weighted by molar-refractivity contribution is 5.82. The second-order valence-corrected chi connectivity index (χ2v) is 3.68. The van der Waals surface area contributed by atoms with Crippen molar-refractivity contribution in [1.82, 2.24) is 15.0 Å². The van der Waals surface area contributed by atoms with Gasteiger partial charge in [-0.05, 0) is 18.2 Å². The zero-order chi connectivity index (χ0) is 11.8. The van der Waals surface area contributed by atoms with Crippen LogP contribution in [0, 0.1) is 5.82 Å². The van der Waals surface area contributed by atoms with Gasteiger partial charge in [0, 0.05) is 11.8 Å². The second kappa shape index (κ2) is 3.55. The number of H-pyrrole nitrogens is 1. The molecule has 1 aromatic carbocycles. The lowest BCUT2D eigenvalue weighted by atomic mass is 10.2. The summed E-state index contributed by atoms with van der Waals surface area (Å²) in [5, 5.41) is 0. The van der Waals surface area contributed by atoms with E-state index >= 15 is 0 Å². The van der Waals surface area contributed by atoms with E-state index < -0.39 is 0 Å². The summed E-state index contributed by atoms with van der Waals surface area (Å²) in [5.74, 6) is 0.197. The van der Waals surface area contributed by atoms with Crippen molar-refractivity contribution in [3.63, 3.8) is 0 Å². The van der Waals surface area contributed by atoms with Crippen molar-refractivity contribution in [3.05, 3.63) is 42.5 Å². The van der Waals surface area contributed by atoms with Gasteiger partial charge in [-0.25, -0.2) is 9.37 Å². The van der Waals surface area contributed by atoms with Crippen molar-refractivity contribution < 1.29 is 4.39 Å². The lowest BCUT2D eigenvalue weighted by Gasteiger charge is -1.99. The number of halogens is 1. The molecule has 17 heavy (non-hydrogen) atoms. The van der Waals surface area contributed by atoms with E-state index in [2.05, 4.69) is 15.0 Å². The second-order valence-electron chi connectivity index (χ2n) is 3.68. The van der Waals surface area contributed by atoms with Crippen LogP contribution in [-0.2, 0) is 0 Å². The molecule has 0 aliphatic carbocycles. The molecule has 0 amide bonds. The van der Waals surface area contributed by atoms with Gasteiger partial charge in [0.2, 0.25) is 0 Å². The first-order valence-corrected chi connectivity index (χ1v) is 5.10. The Balaban J connectivity index is 2.26. The third-order valence-corrected chi connectivity index (χ3v) is 2.57. The fourth-order valence-corrected chi connectivity index (χ4v) is 1.75. The van der Waals surface area contributed by atoms with E-state index in [0.29, 0.717) is 22.5 Å². The van der Waals surface area contributed by atoms with Crippen LogP contribution in [0.2, 0.25) is 0 Å². The number of para-hydroxylation sites is 1. The monoisotopic (exact) mass is 228 g/mol. The number of nitrogens with two attached hydrogens (primary N) is 1. The number of nitrogens with one attached hydrogen (secondary N) is 1. The summed E-state index contributed by atoms with van der Waals surface area (Å²) < 4.78 is 13.5. The maximum atomic E-state index is 13.5. The van der Waals surface area contributed by atoms with E-state index in [1.165, 1.54) is 6.07 Å². The molecule has 0 aliphatic heterocycles. The predicted octanol–water partition coefficient (Wildman–Crippen LogP) is 2.35. The average Bonchev–Trinajstić information content (AvgIpc) is 2.75. The lowest BCUT2D eigenvalue weighted by molar-refractivity contribution is 0.637. The summed E-state index contributed by atoms with van der Waals surface area (Å²) in [7, 11) is 0. The Hall–Kier alpha value is -2.43. The van der Waals surface area contributed by atoms with Gasteiger partial charge in [-0.3, -0.25) is 4.98 Å². The number of imidazole rings is 1. The third kappa shape index (κ3) is 1.52. The number of nitrogen functional groups attached to an aromatic ring is 1. The predicted molar refractivity (Wildman–Crippen MR) is 63.7 cm³/mol. The van der Waals surface area contributed by atoms with E-state index in [1.807, 2.05) is 0 Å². The molecular weight excluding hydrogens is 219 g/mol. The lowest BCUT2D eigenvalue weighted by Crippen LogP contribution is -1.91. The van der Waals surface area contributed by atoms with Crippen LogP contribution in [0.1, 0.15) is 0 Å². The molecular formula is C12H9FN4. The summed E-state index contributed by atoms with van der Waals surface area (Å²) in [6.07, 6.45) is 3.16. The number of anilines is 1. The topological polar surface area (TPSA) is 67.6 Å². The molecule has 0 unspecified atom stereocenters. The Bertz CT molecular complexity index is 690. The summed E-state index contributed by atoms with van der Waals surface area (Å²) in [6, 6.07) is 6.52. The SMILES string of the molecule is Nc1cnccc1-c1nc2c(F)cccc2[nH]1. The highest BCUT2D eigenvalue weighted by Gasteiger charge is 2.10. The molecule has 3 N–H and O–H groups in total. The quantitative estimate of drug-likeness (QED) is 0.671. The first kappa shape index (κ1) is 9.77. The Morgan fingerprint density at radius 3 is 2.88 bits per heavy atom. The number of hydrogen-bond donors (Lipinski definition) is 2. The van der Waals surface area contributed by atoms with E-state index in [0.717, 1.165) is 5.56 Å². The van der Waals surface area contributed by atoms with Crippen molar-refractivity contribution in [3.8, 4) is 11.4 Å². The minimum atomic E-state index is -0.349. The smallest absolute Gasteiger partial charge is 0.151 e. The van der Waals surface area contributed by atoms with Gasteiger partial charge < -0.3 is 10.7 Å². The number of hydrogen-bond acceptors (Lipinski definition) is 3. The molecule has 3 aromatic rings. The highest BCUT2D eigenvalue weighted by Crippen LogP contribution is 2.25. The number of fused-ring (bicyclic) bond motifs is 1. The number of aromatic nitrogens is 3. The first-order valence-electron chi connectivity index (χ1n) is 5.10. The van der Waals surface area contributed by atoms with Gasteiger partial charge in [0.1, 0.15) is 11.3 Å². The molecule has 0 bridgehead atoms. The number of nitrogens with zero attached hydrogens (tertiary/aromatic N) is 2. The van der Waals surface area contributed by atoms with Crippen LogP contribution < -0.4 is 5.73 Å². The van der Waals surface area contributed by atoms with Crippen LogP contribution >= 0.6 is 0 Å². The zero-order valence-corrected chi connectivity index (χ0v) is 8.81. The third-order valence-electron chi connectivity index (χ3n) is 2.57. The van der Waals surface area contributed by atoms with Gasteiger partial charge in [-0.2, -0.15) is 0 Å². The van der Waals surface area contributed by atoms with Gasteiger partial charge >= 0.3 is 0 Å². The minimum absolute atomic E-state index is 0.318. The van der Waals surface area contributed by atoms with Gasteiger partial charge in [-0.15, -0.1) is 0 Å². The maximum absolute atomic E-state index is 13.5. The van der Waals surface area contributed by atoms with Crippen LogP contribution in [0.4, 0.5) is 10.1 Å². The molecule has 0 spiro atoms. The summed E-state index contributed by atoms with van der Waals surface area (Å²) in [4.78, 5) is 11.1. The molecule has 0 saturated carbocycles. The van der Waals surface area contributed by atoms with Gasteiger partial charge in [-0.1, -0.05) is 6.07 Å². The largest absolute Gasteiger partial charge is 0.397 e. The highest BCUT2D eigenvalue weighted by atomic mass is 19.1. The molecule has 0 aliphatic rings. The minimum Gasteiger partial charge on any atom is -0.397 e. The molecule has 2 aromatic heterocycles. The Labute approximate surface area is 96.3 Å². The van der Waals surface area contributed by atoms with Gasteiger partial charge in [0.05, 0.1) is 17.4 Å². The van der Waals surface area contributed by atoms with Crippen LogP contribution in [0.25, 0.3) is 22.4 Å². The number of pyridine rings is 1. The molecule has 3 rings (SSSR count).